The number of alkyl halides is 2. The Labute approximate surface area is 229 Å². The van der Waals surface area contributed by atoms with Crippen LogP contribution in [0.4, 0.5) is 8.78 Å². The Hall–Kier alpha value is -2.94. The van der Waals surface area contributed by atoms with Crippen LogP contribution in [0.1, 0.15) is 27.0 Å². The summed E-state index contributed by atoms with van der Waals surface area (Å²) in [6, 6.07) is 8.09. The Morgan fingerprint density at radius 3 is 2.21 bits per heavy atom. The van der Waals surface area contributed by atoms with Gasteiger partial charge >= 0.3 is 5.92 Å². The number of benzene rings is 2. The van der Waals surface area contributed by atoms with E-state index in [9.17, 15) is 28.0 Å². The molecule has 2 aromatic rings. The van der Waals surface area contributed by atoms with Gasteiger partial charge in [0.2, 0.25) is 11.8 Å². The third kappa shape index (κ3) is 4.28. The minimum Gasteiger partial charge on any atom is -0.358 e. The molecule has 0 saturated carbocycles. The monoisotopic (exact) mass is 521 g/mol. The molecule has 2 N–H and O–H groups in total. The van der Waals surface area contributed by atoms with E-state index in [0.29, 0.717) is 0 Å². The van der Waals surface area contributed by atoms with Gasteiger partial charge in [0.1, 0.15) is 7.85 Å². The van der Waals surface area contributed by atoms with Gasteiger partial charge in [0.05, 0.1) is 44.7 Å². The maximum Gasteiger partial charge on any atom is 0.349 e. The SMILES string of the molecule is [B]C1C([B])([B])C(=O)NC(=O)[C@]1([B])N1Cc2cc(C([B])([B])NC(=O)C(F)(F)c3ccc(Cl)cc3)ccc2C1=O. The molecule has 1 saturated heterocycles. The Bertz CT molecular complexity index is 1380. The molecule has 0 spiro atoms. The molecule has 2 heterocycles. The van der Waals surface area contributed by atoms with E-state index in [0.717, 1.165) is 17.0 Å². The van der Waals surface area contributed by atoms with Gasteiger partial charge in [0.15, 0.2) is 0 Å². The second-order valence-electron chi connectivity index (χ2n) is 9.19. The fourth-order valence-electron chi connectivity index (χ4n) is 4.25. The van der Waals surface area contributed by atoms with E-state index in [1.807, 2.05) is 10.6 Å². The van der Waals surface area contributed by atoms with Crippen LogP contribution in [0, 0.1) is 0 Å². The van der Waals surface area contributed by atoms with Crippen LogP contribution in [0.2, 0.25) is 16.1 Å². The molecule has 4 amide bonds. The van der Waals surface area contributed by atoms with Gasteiger partial charge < -0.3 is 10.2 Å². The van der Waals surface area contributed by atoms with E-state index < -0.39 is 56.9 Å². The summed E-state index contributed by atoms with van der Waals surface area (Å²) in [5.74, 6) is -10.4. The van der Waals surface area contributed by atoms with Gasteiger partial charge in [-0.15, -0.1) is 0 Å². The number of nitrogens with zero attached hydrogens (tertiary/aromatic N) is 1. The lowest BCUT2D eigenvalue weighted by Gasteiger charge is -2.52. The van der Waals surface area contributed by atoms with E-state index >= 15 is 0 Å². The van der Waals surface area contributed by atoms with Crippen LogP contribution in [-0.4, -0.2) is 81.0 Å². The Morgan fingerprint density at radius 1 is 1.03 bits per heavy atom. The maximum atomic E-state index is 14.7. The number of carbonyl (C=O) groups excluding carboxylic acids is 4. The van der Waals surface area contributed by atoms with E-state index in [-0.39, 0.29) is 28.3 Å². The van der Waals surface area contributed by atoms with Crippen molar-refractivity contribution >= 4 is 82.3 Å². The molecule has 38 heavy (non-hydrogen) atoms. The summed E-state index contributed by atoms with van der Waals surface area (Å²) in [5.41, 5.74) is -2.77. The van der Waals surface area contributed by atoms with Crippen LogP contribution >= 0.6 is 11.6 Å². The number of piperidine rings is 1. The number of carbonyl (C=O) groups is 4. The van der Waals surface area contributed by atoms with Crippen molar-refractivity contribution in [2.75, 3.05) is 0 Å². The molecule has 7 nitrogen and oxygen atoms in total. The molecule has 2 atom stereocenters. The molecule has 2 aliphatic rings. The van der Waals surface area contributed by atoms with E-state index in [1.54, 1.807) is 0 Å². The summed E-state index contributed by atoms with van der Waals surface area (Å²) in [4.78, 5) is 51.1. The molecule has 12 radical (unpaired) electrons. The van der Waals surface area contributed by atoms with Crippen molar-refractivity contribution in [3.05, 3.63) is 69.7 Å². The zero-order chi connectivity index (χ0) is 28.4. The van der Waals surface area contributed by atoms with Gasteiger partial charge in [-0.05, 0) is 39.9 Å². The first-order chi connectivity index (χ1) is 17.4. The molecule has 0 aromatic heterocycles. The number of hydrogen-bond donors (Lipinski definition) is 2. The molecule has 0 aliphatic carbocycles. The molecule has 4 rings (SSSR count). The highest BCUT2D eigenvalue weighted by Gasteiger charge is 2.57. The smallest absolute Gasteiger partial charge is 0.349 e. The van der Waals surface area contributed by atoms with Gasteiger partial charge in [0, 0.05) is 22.7 Å². The number of hydrogen-bond acceptors (Lipinski definition) is 4. The number of amides is 4. The first kappa shape index (κ1) is 28.1. The molecule has 16 heteroatoms. The number of halogens is 3. The van der Waals surface area contributed by atoms with Gasteiger partial charge in [0.25, 0.3) is 11.8 Å². The second-order valence-corrected chi connectivity index (χ2v) is 9.62. The quantitative estimate of drug-likeness (QED) is 0.414. The lowest BCUT2D eigenvalue weighted by Crippen LogP contribution is -2.70. The topological polar surface area (TPSA) is 95.6 Å². The van der Waals surface area contributed by atoms with Crippen LogP contribution < -0.4 is 10.6 Å². The second kappa shape index (κ2) is 9.07. The Morgan fingerprint density at radius 2 is 1.61 bits per heavy atom. The first-order valence-corrected chi connectivity index (χ1v) is 11.3. The van der Waals surface area contributed by atoms with Crippen LogP contribution in [0.25, 0.3) is 0 Å². The van der Waals surface area contributed by atoms with Gasteiger partial charge in [-0.1, -0.05) is 41.7 Å². The molecule has 0 bridgehead atoms. The van der Waals surface area contributed by atoms with Gasteiger partial charge in [-0.3, -0.25) is 24.5 Å². The molecule has 2 aromatic carbocycles. The predicted octanol–water partition coefficient (Wildman–Crippen LogP) is -0.417. The van der Waals surface area contributed by atoms with Gasteiger partial charge in [-0.25, -0.2) is 0 Å². The minimum atomic E-state index is -4.01. The average molecular weight is 521 g/mol. The van der Waals surface area contributed by atoms with Crippen molar-refractivity contribution in [2.24, 2.45) is 0 Å². The molecular weight excluding hydrogens is 509 g/mol. The average Bonchev–Trinajstić information content (AvgIpc) is 3.18. The predicted molar refractivity (Wildman–Crippen MR) is 138 cm³/mol. The summed E-state index contributed by atoms with van der Waals surface area (Å²) in [7, 11) is 35.7. The fourth-order valence-corrected chi connectivity index (χ4v) is 4.38. The van der Waals surface area contributed by atoms with Crippen molar-refractivity contribution in [3.8, 4) is 0 Å². The first-order valence-electron chi connectivity index (χ1n) is 10.9. The van der Waals surface area contributed by atoms with E-state index in [2.05, 4.69) is 0 Å². The molecule has 1 unspecified atom stereocenters. The zero-order valence-electron chi connectivity index (χ0n) is 19.5. The highest BCUT2D eigenvalue weighted by molar-refractivity contribution is 6.58. The third-order valence-corrected chi connectivity index (χ3v) is 6.87. The molecular formula is C22H12B6ClF2N3O4. The molecule has 2 aliphatic heterocycles. The van der Waals surface area contributed by atoms with Crippen LogP contribution in [0.15, 0.2) is 42.5 Å². The van der Waals surface area contributed by atoms with Crippen LogP contribution in [0.5, 0.6) is 0 Å². The lowest BCUT2D eigenvalue weighted by molar-refractivity contribution is -0.147. The van der Waals surface area contributed by atoms with E-state index in [4.69, 9.17) is 58.7 Å². The zero-order valence-corrected chi connectivity index (χ0v) is 20.3. The van der Waals surface area contributed by atoms with Crippen molar-refractivity contribution in [3.63, 3.8) is 0 Å². The molecule has 1 fully saturated rings. The minimum absolute atomic E-state index is 0.0451. The van der Waals surface area contributed by atoms with Crippen molar-refractivity contribution in [2.45, 2.75) is 34.3 Å². The van der Waals surface area contributed by atoms with Gasteiger partial charge in [-0.2, -0.15) is 8.78 Å². The Kier molecular flexibility index (Phi) is 6.70. The summed E-state index contributed by atoms with van der Waals surface area (Å²) in [6.45, 7) is -0.338. The maximum absolute atomic E-state index is 14.7. The molecule has 178 valence electrons. The largest absolute Gasteiger partial charge is 0.358 e. The van der Waals surface area contributed by atoms with Crippen molar-refractivity contribution in [1.82, 2.24) is 15.5 Å². The van der Waals surface area contributed by atoms with Crippen molar-refractivity contribution < 1.29 is 28.0 Å². The van der Waals surface area contributed by atoms with E-state index in [1.165, 1.54) is 30.3 Å². The Balaban J connectivity index is 1.60. The number of imide groups is 1. The summed E-state index contributed by atoms with van der Waals surface area (Å²) in [6.07, 6.45) is 0. The fraction of sp³-hybridized carbons (Fsp3) is 0.273. The third-order valence-electron chi connectivity index (χ3n) is 6.62. The number of nitrogens with one attached hydrogen (secondary N) is 2. The highest BCUT2D eigenvalue weighted by atomic mass is 35.5. The number of fused-ring (bicyclic) bond motifs is 1. The van der Waals surface area contributed by atoms with Crippen LogP contribution in [0.3, 0.4) is 0 Å². The highest BCUT2D eigenvalue weighted by Crippen LogP contribution is 2.47. The summed E-state index contributed by atoms with van der Waals surface area (Å²) < 4.78 is 29.5. The summed E-state index contributed by atoms with van der Waals surface area (Å²) in [5, 5.41) is -0.597. The number of rotatable bonds is 5. The normalized spacial score (nSPS) is 23.1. The van der Waals surface area contributed by atoms with Crippen LogP contribution in [-0.2, 0) is 32.2 Å². The standard InChI is InChI=1S/C22H12B6ClF2N3O4/c23-15-19(24,25)16(36)32-17(37)20(15,26)34-8-9-7-11(3-6-13(9)14(34)35)22(27,28)33-18(38)21(30,31)10-1-4-12(29)5-2-10/h1-7,15H,8H2,(H,33,38)(H,32,36,37)/t15?,20-/m1/s1. The van der Waals surface area contributed by atoms with Crippen molar-refractivity contribution in [1.29, 1.82) is 0 Å². The summed E-state index contributed by atoms with van der Waals surface area (Å²) >= 11 is 5.71. The lowest BCUT2D eigenvalue weighted by atomic mass is 9.35.